The van der Waals surface area contributed by atoms with Gasteiger partial charge in [-0.1, -0.05) is 60.7 Å². The lowest BCUT2D eigenvalue weighted by Gasteiger charge is -2.53. The number of ether oxygens (including phenoxy) is 4. The van der Waals surface area contributed by atoms with E-state index in [4.69, 9.17) is 28.9 Å². The van der Waals surface area contributed by atoms with Gasteiger partial charge in [-0.15, -0.1) is 0 Å². The highest BCUT2D eigenvalue weighted by Crippen LogP contribution is 2.33. The van der Waals surface area contributed by atoms with Gasteiger partial charge >= 0.3 is 0 Å². The number of fused-ring (bicyclic) bond motifs is 2. The standard InChI is InChI=1S/C36H42N6O4/c1-3-7-30-25-32(11-9-28(30)5-1)43-21-23-45-34-27-39-35(46-24-22-44-33-12-10-29-6-2-4-8-31(29)26-33)36(40-34,41-17-13-37-14-18-41)42-19-15-38-16-20-42/h1-12,25-27,35,37-38H,13-24H2. The van der Waals surface area contributed by atoms with Gasteiger partial charge in [0.1, 0.15) is 31.3 Å². The van der Waals surface area contributed by atoms with Gasteiger partial charge in [0.15, 0.2) is 0 Å². The minimum atomic E-state index is -0.823. The number of nitrogens with zero attached hydrogens (tertiary/aromatic N) is 4. The van der Waals surface area contributed by atoms with Crippen LogP contribution in [0.2, 0.25) is 0 Å². The Hall–Kier alpha value is -4.06. The summed E-state index contributed by atoms with van der Waals surface area (Å²) in [5.41, 5.74) is 0. The number of nitrogens with one attached hydrogen (secondary N) is 2. The minimum absolute atomic E-state index is 0.349. The number of hydrogen-bond acceptors (Lipinski definition) is 10. The largest absolute Gasteiger partial charge is 0.491 e. The number of hydrogen-bond donors (Lipinski definition) is 2. The molecule has 3 aliphatic rings. The molecular weight excluding hydrogens is 580 g/mol. The summed E-state index contributed by atoms with van der Waals surface area (Å²) in [5.74, 6) is 1.31. The van der Waals surface area contributed by atoms with E-state index in [9.17, 15) is 0 Å². The summed E-state index contributed by atoms with van der Waals surface area (Å²) in [7, 11) is 0. The monoisotopic (exact) mass is 622 g/mol. The van der Waals surface area contributed by atoms with Crippen LogP contribution in [0.25, 0.3) is 21.5 Å². The third-order valence-electron chi connectivity index (χ3n) is 8.76. The summed E-state index contributed by atoms with van der Waals surface area (Å²) in [6, 6.07) is 28.8. The zero-order valence-corrected chi connectivity index (χ0v) is 26.1. The third-order valence-corrected chi connectivity index (χ3v) is 8.76. The molecule has 3 aliphatic heterocycles. The van der Waals surface area contributed by atoms with Crippen LogP contribution in [0.15, 0.2) is 94.9 Å². The molecule has 0 bridgehead atoms. The van der Waals surface area contributed by atoms with E-state index in [0.717, 1.165) is 74.6 Å². The van der Waals surface area contributed by atoms with E-state index in [1.165, 1.54) is 10.8 Å². The van der Waals surface area contributed by atoms with Crippen LogP contribution in [0.5, 0.6) is 11.5 Å². The molecule has 2 saturated heterocycles. The molecule has 46 heavy (non-hydrogen) atoms. The zero-order valence-electron chi connectivity index (χ0n) is 26.1. The summed E-state index contributed by atoms with van der Waals surface area (Å²) >= 11 is 0. The second-order valence-electron chi connectivity index (χ2n) is 11.7. The Morgan fingerprint density at radius 1 is 0.609 bits per heavy atom. The molecule has 0 radical (unpaired) electrons. The van der Waals surface area contributed by atoms with E-state index in [1.807, 2.05) is 36.4 Å². The van der Waals surface area contributed by atoms with Crippen molar-refractivity contribution in [3.63, 3.8) is 0 Å². The molecule has 0 saturated carbocycles. The average molecular weight is 623 g/mol. The highest BCUT2D eigenvalue weighted by Gasteiger charge is 2.52. The van der Waals surface area contributed by atoms with Crippen LogP contribution in [-0.4, -0.2) is 113 Å². The molecule has 240 valence electrons. The summed E-state index contributed by atoms with van der Waals surface area (Å²) < 4.78 is 24.9. The van der Waals surface area contributed by atoms with Crippen LogP contribution >= 0.6 is 0 Å². The lowest BCUT2D eigenvalue weighted by atomic mass is 10.1. The number of piperazine rings is 2. The second-order valence-corrected chi connectivity index (χ2v) is 11.7. The fourth-order valence-electron chi connectivity index (χ4n) is 6.48. The maximum Gasteiger partial charge on any atom is 0.230 e. The quantitative estimate of drug-likeness (QED) is 0.245. The predicted molar refractivity (Wildman–Crippen MR) is 182 cm³/mol. The van der Waals surface area contributed by atoms with E-state index < -0.39 is 12.0 Å². The van der Waals surface area contributed by atoms with Gasteiger partial charge in [-0.3, -0.25) is 14.8 Å². The highest BCUT2D eigenvalue weighted by molar-refractivity contribution is 6.27. The molecule has 4 aromatic rings. The number of rotatable bonds is 11. The Morgan fingerprint density at radius 2 is 1.11 bits per heavy atom. The number of benzene rings is 4. The van der Waals surface area contributed by atoms with Crippen LogP contribution in [0.1, 0.15) is 0 Å². The van der Waals surface area contributed by atoms with E-state index in [-0.39, 0.29) is 0 Å². The summed E-state index contributed by atoms with van der Waals surface area (Å²) in [6.45, 7) is 8.34. The fraction of sp³-hybridized carbons (Fsp3) is 0.389. The first-order valence-electron chi connectivity index (χ1n) is 16.3. The maximum atomic E-state index is 6.55. The van der Waals surface area contributed by atoms with Crippen molar-refractivity contribution >= 4 is 33.7 Å². The van der Waals surface area contributed by atoms with Gasteiger partial charge in [0.05, 0.1) is 12.8 Å². The smallest absolute Gasteiger partial charge is 0.230 e. The van der Waals surface area contributed by atoms with E-state index in [0.29, 0.717) is 32.3 Å². The topological polar surface area (TPSA) is 92.2 Å². The van der Waals surface area contributed by atoms with Gasteiger partial charge in [0, 0.05) is 52.4 Å². The van der Waals surface area contributed by atoms with Crippen LogP contribution in [0, 0.1) is 0 Å². The minimum Gasteiger partial charge on any atom is -0.491 e. The first-order chi connectivity index (χ1) is 22.8. The molecule has 0 amide bonds. The van der Waals surface area contributed by atoms with Crippen molar-refractivity contribution in [2.24, 2.45) is 9.98 Å². The fourth-order valence-corrected chi connectivity index (χ4v) is 6.48. The molecule has 7 rings (SSSR count). The van der Waals surface area contributed by atoms with Crippen molar-refractivity contribution in [2.45, 2.75) is 12.0 Å². The molecule has 3 heterocycles. The van der Waals surface area contributed by atoms with Crippen LogP contribution in [0.3, 0.4) is 0 Å². The molecule has 2 N–H and O–H groups in total. The highest BCUT2D eigenvalue weighted by atomic mass is 16.5. The van der Waals surface area contributed by atoms with Crippen LogP contribution in [-0.2, 0) is 9.47 Å². The van der Waals surface area contributed by atoms with Gasteiger partial charge in [0.25, 0.3) is 0 Å². The van der Waals surface area contributed by atoms with Gasteiger partial charge in [-0.25, -0.2) is 4.99 Å². The second kappa shape index (κ2) is 14.6. The van der Waals surface area contributed by atoms with E-state index in [1.54, 1.807) is 6.21 Å². The molecule has 2 fully saturated rings. The zero-order chi connectivity index (χ0) is 31.0. The molecule has 0 aromatic heterocycles. The molecule has 4 aromatic carbocycles. The molecule has 10 nitrogen and oxygen atoms in total. The van der Waals surface area contributed by atoms with Gasteiger partial charge in [0.2, 0.25) is 17.9 Å². The first-order valence-corrected chi connectivity index (χ1v) is 16.3. The lowest BCUT2D eigenvalue weighted by molar-refractivity contribution is -0.160. The van der Waals surface area contributed by atoms with Gasteiger partial charge < -0.3 is 29.6 Å². The predicted octanol–water partition coefficient (Wildman–Crippen LogP) is 3.76. The van der Waals surface area contributed by atoms with Crippen molar-refractivity contribution < 1.29 is 18.9 Å². The Labute approximate surface area is 270 Å². The third kappa shape index (κ3) is 6.86. The van der Waals surface area contributed by atoms with Crippen LogP contribution < -0.4 is 20.1 Å². The van der Waals surface area contributed by atoms with E-state index >= 15 is 0 Å². The Balaban J connectivity index is 1.04. The normalized spacial score (nSPS) is 20.4. The molecular formula is C36H42N6O4. The lowest BCUT2D eigenvalue weighted by Crippen LogP contribution is -2.72. The Bertz CT molecular complexity index is 1650. The van der Waals surface area contributed by atoms with Crippen molar-refractivity contribution in [1.29, 1.82) is 0 Å². The van der Waals surface area contributed by atoms with Gasteiger partial charge in [-0.2, -0.15) is 0 Å². The van der Waals surface area contributed by atoms with Crippen molar-refractivity contribution in [1.82, 2.24) is 20.4 Å². The average Bonchev–Trinajstić information content (AvgIpc) is 3.13. The summed E-state index contributed by atoms with van der Waals surface area (Å²) in [4.78, 5) is 15.1. The molecule has 0 spiro atoms. The number of aliphatic imine (C=N–C) groups is 2. The van der Waals surface area contributed by atoms with Crippen LogP contribution in [0.4, 0.5) is 0 Å². The van der Waals surface area contributed by atoms with Gasteiger partial charge in [-0.05, 0) is 45.8 Å². The summed E-state index contributed by atoms with van der Waals surface area (Å²) in [6.07, 6.45) is 1.16. The van der Waals surface area contributed by atoms with Crippen molar-refractivity contribution in [3.05, 3.63) is 84.9 Å². The maximum absolute atomic E-state index is 6.55. The Morgan fingerprint density at radius 3 is 1.67 bits per heavy atom. The summed E-state index contributed by atoms with van der Waals surface area (Å²) in [5, 5.41) is 11.6. The van der Waals surface area contributed by atoms with E-state index in [2.05, 4.69) is 69.0 Å². The SMILES string of the molecule is C1=NC(OCCOc2ccc3ccccc3c2)C(N2CCNCC2)(N2CCNCC2)N=C1OCCOc1ccc2ccccc2c1. The first kappa shape index (κ1) is 30.6. The molecule has 0 aliphatic carbocycles. The Kier molecular flexibility index (Phi) is 9.69. The molecule has 1 unspecified atom stereocenters. The molecule has 10 heteroatoms. The van der Waals surface area contributed by atoms with Crippen molar-refractivity contribution in [3.8, 4) is 11.5 Å². The molecule has 1 atom stereocenters. The van der Waals surface area contributed by atoms with Crippen molar-refractivity contribution in [2.75, 3.05) is 78.8 Å².